The molecule has 1 amide bonds. The molecule has 0 aliphatic carbocycles. The maximum atomic E-state index is 13.8. The van der Waals surface area contributed by atoms with Crippen molar-refractivity contribution in [3.8, 4) is 0 Å². The van der Waals surface area contributed by atoms with Gasteiger partial charge < -0.3 is 5.32 Å². The first-order valence-electron chi connectivity index (χ1n) is 9.72. The lowest BCUT2D eigenvalue weighted by Crippen LogP contribution is -2.50. The molecule has 2 aliphatic rings. The van der Waals surface area contributed by atoms with Gasteiger partial charge in [-0.1, -0.05) is 70.2 Å². The Morgan fingerprint density at radius 1 is 1.07 bits per heavy atom. The lowest BCUT2D eigenvalue weighted by atomic mass is 9.87. The molecule has 0 saturated heterocycles. The summed E-state index contributed by atoms with van der Waals surface area (Å²) in [7, 11) is 0. The summed E-state index contributed by atoms with van der Waals surface area (Å²) in [6, 6.07) is 12.6. The van der Waals surface area contributed by atoms with Crippen LogP contribution in [0.3, 0.4) is 0 Å². The van der Waals surface area contributed by atoms with Gasteiger partial charge in [0.2, 0.25) is 0 Å². The van der Waals surface area contributed by atoms with Crippen LogP contribution in [0.15, 0.2) is 59.3 Å². The van der Waals surface area contributed by atoms with Gasteiger partial charge in [-0.15, -0.1) is 0 Å². The molecule has 2 aromatic rings. The first-order chi connectivity index (χ1) is 13.8. The largest absolute Gasteiger partial charge is 0.431 e. The zero-order chi connectivity index (χ0) is 21.3. The molecule has 0 aromatic heterocycles. The minimum atomic E-state index is -4.64. The van der Waals surface area contributed by atoms with Crippen molar-refractivity contribution in [2.24, 2.45) is 11.0 Å². The second-order valence-corrected chi connectivity index (χ2v) is 7.06. The minimum Gasteiger partial charge on any atom is -0.366 e. The van der Waals surface area contributed by atoms with Gasteiger partial charge in [0, 0.05) is 11.8 Å². The molecule has 2 heterocycles. The lowest BCUT2D eigenvalue weighted by Gasteiger charge is -2.34. The molecule has 0 radical (unpaired) electrons. The summed E-state index contributed by atoms with van der Waals surface area (Å²) in [5, 5.41) is 9.28. The van der Waals surface area contributed by atoms with Crippen molar-refractivity contribution >= 4 is 22.4 Å². The quantitative estimate of drug-likeness (QED) is 0.751. The molecule has 4 nitrogen and oxygen atoms in total. The molecule has 154 valence electrons. The van der Waals surface area contributed by atoms with Crippen LogP contribution >= 0.6 is 0 Å². The predicted octanol–water partition coefficient (Wildman–Crippen LogP) is 5.18. The van der Waals surface area contributed by atoms with E-state index < -0.39 is 29.9 Å². The van der Waals surface area contributed by atoms with Crippen LogP contribution in [0.4, 0.5) is 13.2 Å². The van der Waals surface area contributed by atoms with E-state index in [0.29, 0.717) is 11.3 Å². The van der Waals surface area contributed by atoms with Gasteiger partial charge in [-0.05, 0) is 22.3 Å². The summed E-state index contributed by atoms with van der Waals surface area (Å²) in [4.78, 5) is 12.4. The van der Waals surface area contributed by atoms with E-state index in [1.54, 1.807) is 24.3 Å². The molecule has 2 aliphatic heterocycles. The van der Waals surface area contributed by atoms with Crippen molar-refractivity contribution in [2.75, 3.05) is 0 Å². The van der Waals surface area contributed by atoms with E-state index in [1.165, 1.54) is 6.08 Å². The number of alkyl halides is 3. The number of nitrogens with one attached hydrogen (secondary N) is 1. The van der Waals surface area contributed by atoms with E-state index >= 15 is 0 Å². The second kappa shape index (κ2) is 7.89. The molecular weight excluding hydrogens is 379 g/mol. The van der Waals surface area contributed by atoms with Crippen molar-refractivity contribution in [3.05, 3.63) is 59.8 Å². The monoisotopic (exact) mass is 403 g/mol. The van der Waals surface area contributed by atoms with E-state index in [4.69, 9.17) is 0 Å². The highest BCUT2D eigenvalue weighted by molar-refractivity contribution is 6.04. The van der Waals surface area contributed by atoms with Crippen molar-refractivity contribution in [2.45, 2.75) is 46.0 Å². The number of carbonyl (C=O) groups is 1. The van der Waals surface area contributed by atoms with Crippen LogP contribution in [-0.2, 0) is 4.79 Å². The number of halogens is 3. The average molecular weight is 403 g/mol. The summed E-state index contributed by atoms with van der Waals surface area (Å²) < 4.78 is 41.4. The van der Waals surface area contributed by atoms with Gasteiger partial charge in [0.25, 0.3) is 5.91 Å². The van der Waals surface area contributed by atoms with Crippen LogP contribution in [0.2, 0.25) is 0 Å². The molecule has 0 bridgehead atoms. The molecular formula is C22H24F3N3O. The van der Waals surface area contributed by atoms with Gasteiger partial charge in [0.15, 0.2) is 5.71 Å². The fraction of sp³-hybridized carbons (Fsp3) is 0.364. The van der Waals surface area contributed by atoms with Gasteiger partial charge in [0.05, 0.1) is 5.92 Å². The average Bonchev–Trinajstić information content (AvgIpc) is 3.09. The third-order valence-electron chi connectivity index (χ3n) is 4.98. The molecule has 2 aromatic carbocycles. The highest BCUT2D eigenvalue weighted by atomic mass is 19.4. The Labute approximate surface area is 168 Å². The number of hydrogen-bond donors (Lipinski definition) is 1. The van der Waals surface area contributed by atoms with Gasteiger partial charge in [-0.25, -0.2) is 5.01 Å². The number of allylic oxidation sites excluding steroid dienone is 1. The Morgan fingerprint density at radius 3 is 2.38 bits per heavy atom. The molecule has 7 heteroatoms. The predicted molar refractivity (Wildman–Crippen MR) is 108 cm³/mol. The van der Waals surface area contributed by atoms with Gasteiger partial charge in [-0.2, -0.15) is 18.3 Å². The summed E-state index contributed by atoms with van der Waals surface area (Å²) >= 11 is 0. The number of nitrogens with zero attached hydrogens (tertiary/aromatic N) is 2. The van der Waals surface area contributed by atoms with Crippen LogP contribution in [0.5, 0.6) is 0 Å². The number of rotatable bonds is 2. The molecule has 0 spiro atoms. The van der Waals surface area contributed by atoms with E-state index in [1.807, 2.05) is 45.9 Å². The molecule has 2 unspecified atom stereocenters. The Bertz CT molecular complexity index is 973. The maximum absolute atomic E-state index is 13.8. The number of amides is 1. The van der Waals surface area contributed by atoms with Crippen molar-refractivity contribution < 1.29 is 18.0 Å². The second-order valence-electron chi connectivity index (χ2n) is 7.06. The number of hydrazone groups is 1. The van der Waals surface area contributed by atoms with Crippen LogP contribution < -0.4 is 5.32 Å². The van der Waals surface area contributed by atoms with Crippen LogP contribution in [-0.4, -0.2) is 29.0 Å². The Hall–Kier alpha value is -2.83. The normalized spacial score (nSPS) is 21.2. The minimum absolute atomic E-state index is 0.0146. The van der Waals surface area contributed by atoms with Gasteiger partial charge in [0.1, 0.15) is 6.17 Å². The molecule has 4 rings (SSSR count). The SMILES string of the molecule is CC.CC(C)C1=CC(=O)N2N=C(C(F)(F)F)C(c3cccc4ccccc34)C2N1. The number of hydrogen-bond acceptors (Lipinski definition) is 3. The highest BCUT2D eigenvalue weighted by Gasteiger charge is 2.53. The maximum Gasteiger partial charge on any atom is 0.431 e. The number of carbonyl (C=O) groups excluding carboxylic acids is 1. The van der Waals surface area contributed by atoms with Crippen LogP contribution in [0.1, 0.15) is 39.2 Å². The van der Waals surface area contributed by atoms with Crippen LogP contribution in [0.25, 0.3) is 10.8 Å². The number of fused-ring (bicyclic) bond motifs is 2. The van der Waals surface area contributed by atoms with Gasteiger partial charge >= 0.3 is 6.18 Å². The highest BCUT2D eigenvalue weighted by Crippen LogP contribution is 2.41. The van der Waals surface area contributed by atoms with E-state index in [-0.39, 0.29) is 5.92 Å². The molecule has 0 saturated carbocycles. The van der Waals surface area contributed by atoms with Crippen molar-refractivity contribution in [3.63, 3.8) is 0 Å². The first kappa shape index (κ1) is 20.9. The van der Waals surface area contributed by atoms with Crippen molar-refractivity contribution in [1.29, 1.82) is 0 Å². The number of benzene rings is 2. The van der Waals surface area contributed by atoms with Crippen molar-refractivity contribution in [1.82, 2.24) is 10.3 Å². The molecule has 29 heavy (non-hydrogen) atoms. The fourth-order valence-corrected chi connectivity index (χ4v) is 3.68. The summed E-state index contributed by atoms with van der Waals surface area (Å²) in [6.45, 7) is 7.77. The third-order valence-corrected chi connectivity index (χ3v) is 4.98. The van der Waals surface area contributed by atoms with Crippen LogP contribution in [0, 0.1) is 5.92 Å². The Kier molecular flexibility index (Phi) is 5.68. The first-order valence-corrected chi connectivity index (χ1v) is 9.72. The third kappa shape index (κ3) is 3.73. The standard InChI is InChI=1S/C20H18F3N3O.C2H6/c1-11(2)15-10-16(27)26-19(24-15)17(18(25-26)20(21,22)23)14-9-5-7-12-6-3-4-8-13(12)14;1-2/h3-11,17,19,24H,1-2H3;1-2H3. The molecule has 0 fully saturated rings. The van der Waals surface area contributed by atoms with E-state index in [2.05, 4.69) is 10.4 Å². The van der Waals surface area contributed by atoms with E-state index in [0.717, 1.165) is 15.8 Å². The summed E-state index contributed by atoms with van der Waals surface area (Å²) in [5.41, 5.74) is 0.162. The smallest absolute Gasteiger partial charge is 0.366 e. The fourth-order valence-electron chi connectivity index (χ4n) is 3.68. The zero-order valence-electron chi connectivity index (χ0n) is 16.8. The van der Waals surface area contributed by atoms with E-state index in [9.17, 15) is 18.0 Å². The lowest BCUT2D eigenvalue weighted by molar-refractivity contribution is -0.129. The molecule has 1 N–H and O–H groups in total. The zero-order valence-corrected chi connectivity index (χ0v) is 16.8. The van der Waals surface area contributed by atoms with Gasteiger partial charge in [-0.3, -0.25) is 4.79 Å². The molecule has 2 atom stereocenters. The summed E-state index contributed by atoms with van der Waals surface area (Å²) in [6.07, 6.45) is -4.22. The Balaban J connectivity index is 0.00000117. The topological polar surface area (TPSA) is 44.7 Å². The Morgan fingerprint density at radius 2 is 1.72 bits per heavy atom. The summed E-state index contributed by atoms with van der Waals surface area (Å²) in [5.74, 6) is -1.66.